The van der Waals surface area contributed by atoms with Crippen molar-refractivity contribution in [3.05, 3.63) is 47.0 Å². The van der Waals surface area contributed by atoms with Gasteiger partial charge in [0.2, 0.25) is 0 Å². The molecule has 0 amide bonds. The van der Waals surface area contributed by atoms with Gasteiger partial charge in [-0.3, -0.25) is 0 Å². The molecule has 1 aromatic carbocycles. The summed E-state index contributed by atoms with van der Waals surface area (Å²) in [5.41, 5.74) is 2.72. The molecule has 3 heterocycles. The van der Waals surface area contributed by atoms with Gasteiger partial charge in [-0.25, -0.2) is 0 Å². The number of benzene rings is 1. The number of hydrogen-bond donors (Lipinski definition) is 5. The Kier molecular flexibility index (Phi) is 5.07. The molecule has 1 fully saturated rings. The SMILES string of the molecule is CCc1ccc(-c2c[nH]c3ccc([C@@H]4O[C@H](CO)[C@@H](O)[C@H](O)[C@H]4O)cc23)s1. The first-order valence-corrected chi connectivity index (χ1v) is 9.85. The molecule has 5 N–H and O–H groups in total. The van der Waals surface area contributed by atoms with Gasteiger partial charge in [0.15, 0.2) is 0 Å². The quantitative estimate of drug-likeness (QED) is 0.469. The lowest BCUT2D eigenvalue weighted by Crippen LogP contribution is -2.55. The molecule has 144 valence electrons. The average Bonchev–Trinajstić information content (AvgIpc) is 3.32. The molecule has 7 heteroatoms. The van der Waals surface area contributed by atoms with Gasteiger partial charge in [0, 0.05) is 32.4 Å². The summed E-state index contributed by atoms with van der Waals surface area (Å²) in [5, 5.41) is 40.8. The van der Waals surface area contributed by atoms with Crippen LogP contribution in [-0.4, -0.2) is 56.4 Å². The lowest BCUT2D eigenvalue weighted by Gasteiger charge is -2.40. The van der Waals surface area contributed by atoms with Gasteiger partial charge in [-0.15, -0.1) is 11.3 Å². The Balaban J connectivity index is 1.73. The summed E-state index contributed by atoms with van der Waals surface area (Å²) in [5.74, 6) is 0. The smallest absolute Gasteiger partial charge is 0.113 e. The van der Waals surface area contributed by atoms with E-state index >= 15 is 0 Å². The van der Waals surface area contributed by atoms with Crippen molar-refractivity contribution in [2.45, 2.75) is 43.9 Å². The van der Waals surface area contributed by atoms with E-state index in [1.54, 1.807) is 11.3 Å². The van der Waals surface area contributed by atoms with Crippen molar-refractivity contribution >= 4 is 22.2 Å². The van der Waals surface area contributed by atoms with Crippen LogP contribution in [0.4, 0.5) is 0 Å². The highest BCUT2D eigenvalue weighted by molar-refractivity contribution is 7.15. The Morgan fingerprint density at radius 1 is 1.07 bits per heavy atom. The van der Waals surface area contributed by atoms with Crippen LogP contribution in [0.3, 0.4) is 0 Å². The fourth-order valence-corrected chi connectivity index (χ4v) is 4.59. The first kappa shape index (κ1) is 18.6. The van der Waals surface area contributed by atoms with Crippen LogP contribution in [0.2, 0.25) is 0 Å². The minimum atomic E-state index is -1.38. The van der Waals surface area contributed by atoms with E-state index in [2.05, 4.69) is 24.0 Å². The third-order valence-electron chi connectivity index (χ3n) is 5.20. The molecule has 0 saturated carbocycles. The Morgan fingerprint density at radius 3 is 2.59 bits per heavy atom. The first-order valence-electron chi connectivity index (χ1n) is 9.04. The van der Waals surface area contributed by atoms with Crippen LogP contribution in [0.1, 0.15) is 23.5 Å². The summed E-state index contributed by atoms with van der Waals surface area (Å²) in [6, 6.07) is 9.89. The molecule has 0 unspecified atom stereocenters. The number of aliphatic hydroxyl groups excluding tert-OH is 4. The number of thiophene rings is 1. The molecule has 5 atom stereocenters. The number of hydrogen-bond acceptors (Lipinski definition) is 6. The number of nitrogens with one attached hydrogen (secondary N) is 1. The number of rotatable bonds is 4. The van der Waals surface area contributed by atoms with Crippen LogP contribution in [0.25, 0.3) is 21.3 Å². The minimum absolute atomic E-state index is 0.436. The van der Waals surface area contributed by atoms with Crippen molar-refractivity contribution in [2.24, 2.45) is 0 Å². The third kappa shape index (κ3) is 3.20. The minimum Gasteiger partial charge on any atom is -0.394 e. The molecule has 0 radical (unpaired) electrons. The lowest BCUT2D eigenvalue weighted by atomic mass is 9.90. The third-order valence-corrected chi connectivity index (χ3v) is 6.47. The van der Waals surface area contributed by atoms with Gasteiger partial charge in [0.05, 0.1) is 6.61 Å². The molecular formula is C20H23NO5S. The average molecular weight is 389 g/mol. The molecule has 0 spiro atoms. The zero-order valence-electron chi connectivity index (χ0n) is 14.9. The van der Waals surface area contributed by atoms with Crippen molar-refractivity contribution in [1.82, 2.24) is 4.98 Å². The Hall–Kier alpha value is -1.74. The van der Waals surface area contributed by atoms with Gasteiger partial charge in [-0.1, -0.05) is 13.0 Å². The second kappa shape index (κ2) is 7.35. The van der Waals surface area contributed by atoms with E-state index in [9.17, 15) is 20.4 Å². The maximum Gasteiger partial charge on any atom is 0.113 e. The van der Waals surface area contributed by atoms with E-state index in [4.69, 9.17) is 4.74 Å². The fraction of sp³-hybridized carbons (Fsp3) is 0.400. The van der Waals surface area contributed by atoms with Crippen LogP contribution in [0, 0.1) is 0 Å². The van der Waals surface area contributed by atoms with E-state index in [-0.39, 0.29) is 0 Å². The molecule has 27 heavy (non-hydrogen) atoms. The number of fused-ring (bicyclic) bond motifs is 1. The predicted molar refractivity (Wildman–Crippen MR) is 104 cm³/mol. The number of aromatic nitrogens is 1. The molecule has 0 aliphatic carbocycles. The van der Waals surface area contributed by atoms with Gasteiger partial charge in [-0.2, -0.15) is 0 Å². The van der Waals surface area contributed by atoms with Gasteiger partial charge in [-0.05, 0) is 36.2 Å². The van der Waals surface area contributed by atoms with Crippen LogP contribution < -0.4 is 0 Å². The van der Waals surface area contributed by atoms with Crippen LogP contribution in [0.5, 0.6) is 0 Å². The monoisotopic (exact) mass is 389 g/mol. The number of aryl methyl sites for hydroxylation is 1. The van der Waals surface area contributed by atoms with Gasteiger partial charge in [0.1, 0.15) is 30.5 Å². The van der Waals surface area contributed by atoms with Crippen LogP contribution >= 0.6 is 11.3 Å². The zero-order valence-corrected chi connectivity index (χ0v) is 15.7. The largest absolute Gasteiger partial charge is 0.394 e. The van der Waals surface area contributed by atoms with E-state index in [0.717, 1.165) is 27.8 Å². The molecule has 1 aliphatic heterocycles. The maximum atomic E-state index is 10.4. The molecule has 1 saturated heterocycles. The number of aliphatic hydroxyl groups is 4. The van der Waals surface area contributed by atoms with Crippen molar-refractivity contribution in [1.29, 1.82) is 0 Å². The van der Waals surface area contributed by atoms with E-state index in [0.29, 0.717) is 5.56 Å². The summed E-state index contributed by atoms with van der Waals surface area (Å²) < 4.78 is 5.69. The zero-order chi connectivity index (χ0) is 19.1. The predicted octanol–water partition coefficient (Wildman–Crippen LogP) is 1.97. The normalized spacial score (nSPS) is 28.7. The highest BCUT2D eigenvalue weighted by Crippen LogP contribution is 2.38. The fourth-order valence-electron chi connectivity index (χ4n) is 3.61. The Morgan fingerprint density at radius 2 is 1.89 bits per heavy atom. The van der Waals surface area contributed by atoms with Gasteiger partial charge < -0.3 is 30.1 Å². The summed E-state index contributed by atoms with van der Waals surface area (Å²) >= 11 is 1.75. The van der Waals surface area contributed by atoms with Crippen LogP contribution in [0.15, 0.2) is 36.5 Å². The highest BCUT2D eigenvalue weighted by atomic mass is 32.1. The molecule has 2 aromatic heterocycles. The molecular weight excluding hydrogens is 366 g/mol. The molecule has 6 nitrogen and oxygen atoms in total. The van der Waals surface area contributed by atoms with Crippen LogP contribution in [-0.2, 0) is 11.2 Å². The van der Waals surface area contributed by atoms with E-state index in [1.165, 1.54) is 4.88 Å². The summed E-state index contributed by atoms with van der Waals surface area (Å²) in [6.07, 6.45) is -2.81. The van der Waals surface area contributed by atoms with Gasteiger partial charge >= 0.3 is 0 Å². The van der Waals surface area contributed by atoms with Crippen molar-refractivity contribution < 1.29 is 25.2 Å². The number of aromatic amines is 1. The van der Waals surface area contributed by atoms with Crippen molar-refractivity contribution in [2.75, 3.05) is 6.61 Å². The molecule has 0 bridgehead atoms. The molecule has 3 aromatic rings. The second-order valence-corrected chi connectivity index (χ2v) is 8.04. The Labute approximate surface area is 160 Å². The summed E-state index contributed by atoms with van der Waals surface area (Å²) in [6.45, 7) is 1.69. The summed E-state index contributed by atoms with van der Waals surface area (Å²) in [7, 11) is 0. The number of ether oxygens (including phenoxy) is 1. The number of H-pyrrole nitrogens is 1. The van der Waals surface area contributed by atoms with Crippen molar-refractivity contribution in [3.63, 3.8) is 0 Å². The standard InChI is InChI=1S/C20H23NO5S/c1-2-11-4-6-16(27-11)13-8-21-14-5-3-10(7-12(13)14)20-19(25)18(24)17(23)15(9-22)26-20/h3-8,15,17-25H,2,9H2,1H3/t15-,17-,18+,19-,20+/m1/s1. The summed E-state index contributed by atoms with van der Waals surface area (Å²) in [4.78, 5) is 5.73. The topological polar surface area (TPSA) is 106 Å². The van der Waals surface area contributed by atoms with E-state index in [1.807, 2.05) is 24.4 Å². The second-order valence-electron chi connectivity index (χ2n) is 6.88. The molecule has 4 rings (SSSR count). The first-order chi connectivity index (χ1) is 13.0. The maximum absolute atomic E-state index is 10.4. The molecule has 1 aliphatic rings. The Bertz CT molecular complexity index is 933. The highest BCUT2D eigenvalue weighted by Gasteiger charge is 2.43. The van der Waals surface area contributed by atoms with Crippen molar-refractivity contribution in [3.8, 4) is 10.4 Å². The van der Waals surface area contributed by atoms with E-state index < -0.39 is 37.1 Å². The van der Waals surface area contributed by atoms with Gasteiger partial charge in [0.25, 0.3) is 0 Å². The lowest BCUT2D eigenvalue weighted by molar-refractivity contribution is -0.231.